The molecular formula is C24H34O6. The first-order chi connectivity index (χ1) is 14.5. The Hall–Kier alpha value is -1.73. The van der Waals surface area contributed by atoms with E-state index < -0.39 is 18.2 Å². The number of aliphatic hydroxyl groups excluding tert-OH is 2. The van der Waals surface area contributed by atoms with Crippen molar-refractivity contribution in [3.05, 3.63) is 48.0 Å². The zero-order chi connectivity index (χ0) is 21.3. The second-order valence-corrected chi connectivity index (χ2v) is 8.60. The number of carbonyl (C=O) groups is 1. The summed E-state index contributed by atoms with van der Waals surface area (Å²) in [6, 6.07) is 9.84. The monoisotopic (exact) mass is 418 g/mol. The van der Waals surface area contributed by atoms with Crippen molar-refractivity contribution in [2.24, 2.45) is 17.8 Å². The molecule has 6 atom stereocenters. The molecular weight excluding hydrogens is 384 g/mol. The lowest BCUT2D eigenvalue weighted by molar-refractivity contribution is -0.137. The third-order valence-corrected chi connectivity index (χ3v) is 6.30. The minimum Gasteiger partial charge on any atom is -0.481 e. The minimum atomic E-state index is -0.749. The quantitative estimate of drug-likeness (QED) is 0.505. The average Bonchev–Trinajstić information content (AvgIpc) is 2.89. The predicted molar refractivity (Wildman–Crippen MR) is 113 cm³/mol. The maximum absolute atomic E-state index is 10.7. The highest BCUT2D eigenvalue weighted by Gasteiger charge is 2.43. The number of fused-ring (bicyclic) bond motifs is 1. The molecule has 2 aliphatic rings. The molecule has 1 unspecified atom stereocenters. The highest BCUT2D eigenvalue weighted by atomic mass is 16.5. The van der Waals surface area contributed by atoms with E-state index in [0.29, 0.717) is 32.0 Å². The molecule has 6 nitrogen and oxygen atoms in total. The van der Waals surface area contributed by atoms with E-state index in [0.717, 1.165) is 24.8 Å². The third-order valence-electron chi connectivity index (χ3n) is 6.30. The molecule has 30 heavy (non-hydrogen) atoms. The summed E-state index contributed by atoms with van der Waals surface area (Å²) in [5.41, 5.74) is 1.07. The van der Waals surface area contributed by atoms with Crippen LogP contribution in [0.2, 0.25) is 0 Å². The summed E-state index contributed by atoms with van der Waals surface area (Å²) in [6.45, 7) is 1.31. The van der Waals surface area contributed by atoms with Crippen LogP contribution in [0.3, 0.4) is 0 Å². The van der Waals surface area contributed by atoms with Gasteiger partial charge in [-0.05, 0) is 43.1 Å². The molecule has 0 aromatic heterocycles. The van der Waals surface area contributed by atoms with Gasteiger partial charge in [0.15, 0.2) is 0 Å². The highest BCUT2D eigenvalue weighted by molar-refractivity contribution is 5.66. The van der Waals surface area contributed by atoms with E-state index in [4.69, 9.17) is 14.6 Å². The second-order valence-electron chi connectivity index (χ2n) is 8.60. The predicted octanol–water partition coefficient (Wildman–Crippen LogP) is 3.17. The van der Waals surface area contributed by atoms with E-state index in [1.165, 1.54) is 0 Å². The van der Waals surface area contributed by atoms with E-state index in [1.54, 1.807) is 6.08 Å². The molecule has 3 rings (SSSR count). The summed E-state index contributed by atoms with van der Waals surface area (Å²) in [4.78, 5) is 10.7. The van der Waals surface area contributed by atoms with Crippen LogP contribution in [0.15, 0.2) is 42.5 Å². The van der Waals surface area contributed by atoms with E-state index in [2.05, 4.69) is 0 Å². The lowest BCUT2D eigenvalue weighted by atomic mass is 9.86. The number of hydrogen-bond acceptors (Lipinski definition) is 5. The van der Waals surface area contributed by atoms with Crippen LogP contribution in [0.25, 0.3) is 0 Å². The molecule has 1 aromatic carbocycles. The summed E-state index contributed by atoms with van der Waals surface area (Å²) in [6.07, 6.45) is 6.83. The highest BCUT2D eigenvalue weighted by Crippen LogP contribution is 2.41. The zero-order valence-electron chi connectivity index (χ0n) is 17.4. The van der Waals surface area contributed by atoms with Gasteiger partial charge in [0.2, 0.25) is 0 Å². The number of aliphatic carboxylic acids is 1. The molecule has 1 saturated carbocycles. The number of benzene rings is 1. The Balaban J connectivity index is 1.45. The zero-order valence-corrected chi connectivity index (χ0v) is 17.4. The number of hydrogen-bond donors (Lipinski definition) is 3. The maximum Gasteiger partial charge on any atom is 0.303 e. The molecule has 0 radical (unpaired) electrons. The van der Waals surface area contributed by atoms with Crippen molar-refractivity contribution in [2.75, 3.05) is 13.2 Å². The first-order valence-electron chi connectivity index (χ1n) is 11.0. The van der Waals surface area contributed by atoms with Gasteiger partial charge in [0.1, 0.15) is 0 Å². The van der Waals surface area contributed by atoms with Crippen LogP contribution in [-0.2, 0) is 20.9 Å². The first-order valence-corrected chi connectivity index (χ1v) is 11.0. The molecule has 1 aliphatic heterocycles. The fraction of sp³-hybridized carbons (Fsp3) is 0.625. The Kier molecular flexibility index (Phi) is 8.88. The number of carboxylic acid groups (broad SMARTS) is 1. The molecule has 1 heterocycles. The van der Waals surface area contributed by atoms with Crippen molar-refractivity contribution in [2.45, 2.75) is 63.4 Å². The van der Waals surface area contributed by atoms with E-state index in [1.807, 2.05) is 36.4 Å². The van der Waals surface area contributed by atoms with Crippen LogP contribution in [0.4, 0.5) is 0 Å². The molecule has 1 aromatic rings. The van der Waals surface area contributed by atoms with E-state index in [-0.39, 0.29) is 31.0 Å². The molecule has 6 heteroatoms. The van der Waals surface area contributed by atoms with Gasteiger partial charge in [-0.15, -0.1) is 0 Å². The summed E-state index contributed by atoms with van der Waals surface area (Å²) in [5.74, 6) is -0.163. The van der Waals surface area contributed by atoms with Gasteiger partial charge in [0, 0.05) is 25.4 Å². The van der Waals surface area contributed by atoms with Gasteiger partial charge in [0.25, 0.3) is 0 Å². The van der Waals surface area contributed by atoms with Crippen molar-refractivity contribution < 1.29 is 29.6 Å². The van der Waals surface area contributed by atoms with Crippen LogP contribution in [0.5, 0.6) is 0 Å². The molecule has 3 N–H and O–H groups in total. The van der Waals surface area contributed by atoms with Crippen LogP contribution in [-0.4, -0.2) is 52.8 Å². The summed E-state index contributed by atoms with van der Waals surface area (Å²) < 4.78 is 11.7. The molecule has 2 fully saturated rings. The summed E-state index contributed by atoms with van der Waals surface area (Å²) in [7, 11) is 0. The fourth-order valence-electron chi connectivity index (χ4n) is 4.67. The summed E-state index contributed by atoms with van der Waals surface area (Å²) in [5, 5.41) is 29.6. The van der Waals surface area contributed by atoms with Crippen LogP contribution >= 0.6 is 0 Å². The maximum atomic E-state index is 10.7. The Labute approximate surface area is 178 Å². The number of rotatable bonds is 10. The van der Waals surface area contributed by atoms with Gasteiger partial charge in [-0.25, -0.2) is 0 Å². The van der Waals surface area contributed by atoms with Crippen LogP contribution in [0, 0.1) is 17.8 Å². The van der Waals surface area contributed by atoms with Gasteiger partial charge in [0.05, 0.1) is 31.5 Å². The Morgan fingerprint density at radius 3 is 2.83 bits per heavy atom. The van der Waals surface area contributed by atoms with Gasteiger partial charge in [-0.2, -0.15) is 0 Å². The Bertz CT molecular complexity index is 676. The van der Waals surface area contributed by atoms with Crippen LogP contribution < -0.4 is 0 Å². The molecule has 0 amide bonds. The Morgan fingerprint density at radius 1 is 1.27 bits per heavy atom. The van der Waals surface area contributed by atoms with Gasteiger partial charge in [-0.3, -0.25) is 4.79 Å². The minimum absolute atomic E-state index is 0.0310. The molecule has 0 bridgehead atoms. The number of ether oxygens (including phenoxy) is 2. The lowest BCUT2D eigenvalue weighted by Gasteiger charge is -2.21. The van der Waals surface area contributed by atoms with Gasteiger partial charge < -0.3 is 24.8 Å². The topological polar surface area (TPSA) is 96.2 Å². The molecule has 166 valence electrons. The smallest absolute Gasteiger partial charge is 0.303 e. The van der Waals surface area contributed by atoms with Crippen LogP contribution in [0.1, 0.15) is 44.1 Å². The summed E-state index contributed by atoms with van der Waals surface area (Å²) >= 11 is 0. The van der Waals surface area contributed by atoms with Crippen molar-refractivity contribution >= 4 is 5.97 Å². The van der Waals surface area contributed by atoms with E-state index in [9.17, 15) is 15.0 Å². The van der Waals surface area contributed by atoms with Crippen molar-refractivity contribution in [3.8, 4) is 0 Å². The second kappa shape index (κ2) is 11.6. The number of carboxylic acids is 1. The van der Waals surface area contributed by atoms with Crippen molar-refractivity contribution in [3.63, 3.8) is 0 Å². The van der Waals surface area contributed by atoms with Crippen molar-refractivity contribution in [1.82, 2.24) is 0 Å². The normalized spacial score (nSPS) is 30.1. The molecule has 1 aliphatic carbocycles. The molecule has 1 saturated heterocycles. The molecule has 0 spiro atoms. The van der Waals surface area contributed by atoms with Gasteiger partial charge >= 0.3 is 5.97 Å². The Morgan fingerprint density at radius 2 is 2.07 bits per heavy atom. The van der Waals surface area contributed by atoms with Gasteiger partial charge in [-0.1, -0.05) is 42.5 Å². The largest absolute Gasteiger partial charge is 0.481 e. The standard InChI is InChI=1S/C24H34O6/c25-19(16-29-14-17-5-2-1-3-6-17)10-12-20-21-11-9-18(7-4-8-24(27)28)15-30-23(21)13-22(20)26/h1-3,5-6,10,12,18-23,25-26H,4,7-9,11,13-16H2,(H,27,28)/b12-10+/t18-,19?,20+,21+,22+,23-/m0/s1. The van der Waals surface area contributed by atoms with E-state index >= 15 is 0 Å². The van der Waals surface area contributed by atoms with Crippen molar-refractivity contribution in [1.29, 1.82) is 0 Å². The SMILES string of the molecule is O=C(O)CCC[C@H]1CC[C@@H]2[C@@H](/C=C/C(O)COCc3ccccc3)[C@H](O)C[C@@H]2OC1. The number of aliphatic hydroxyl groups is 2. The lowest BCUT2D eigenvalue weighted by Crippen LogP contribution is -2.22. The average molecular weight is 419 g/mol. The third kappa shape index (κ3) is 6.91. The first kappa shape index (κ1) is 22.9. The fourth-order valence-corrected chi connectivity index (χ4v) is 4.67.